The van der Waals surface area contributed by atoms with Crippen molar-refractivity contribution in [1.29, 1.82) is 0 Å². The van der Waals surface area contributed by atoms with E-state index >= 15 is 0 Å². The average molecular weight is 241 g/mol. The van der Waals surface area contributed by atoms with E-state index in [9.17, 15) is 4.79 Å². The predicted molar refractivity (Wildman–Crippen MR) is 57.9 cm³/mol. The van der Waals surface area contributed by atoms with Gasteiger partial charge in [0.05, 0.1) is 32.5 Å². The van der Waals surface area contributed by atoms with Gasteiger partial charge in [0.2, 0.25) is 5.75 Å². The molecule has 2 aromatic rings. The summed E-state index contributed by atoms with van der Waals surface area (Å²) in [5.41, 5.74) is 0.553. The van der Waals surface area contributed by atoms with Crippen molar-refractivity contribution in [3.8, 4) is 5.75 Å². The van der Waals surface area contributed by atoms with Crippen molar-refractivity contribution >= 4 is 11.6 Å². The predicted octanol–water partition coefficient (Wildman–Crippen LogP) is 1.55. The van der Waals surface area contributed by atoms with E-state index in [4.69, 9.17) is 20.8 Å². The Morgan fingerprint density at radius 3 is 3.06 bits per heavy atom. The minimum Gasteiger partial charge on any atom is -0.489 e. The zero-order chi connectivity index (χ0) is 11.5. The molecule has 0 radical (unpaired) electrons. The van der Waals surface area contributed by atoms with Gasteiger partial charge in [0.15, 0.2) is 5.15 Å². The molecule has 0 aliphatic heterocycles. The average Bonchev–Trinajstić information content (AvgIpc) is 2.76. The molecule has 0 aliphatic carbocycles. The third-order valence-electron chi connectivity index (χ3n) is 2.09. The zero-order valence-electron chi connectivity index (χ0n) is 8.51. The second-order valence-electron chi connectivity index (χ2n) is 3.13. The first-order valence-corrected chi connectivity index (χ1v) is 4.90. The first-order chi connectivity index (χ1) is 7.72. The molecule has 84 valence electrons. The molecule has 0 saturated carbocycles. The maximum Gasteiger partial charge on any atom is 0.297 e. The summed E-state index contributed by atoms with van der Waals surface area (Å²) in [6.45, 7) is 0.371. The van der Waals surface area contributed by atoms with E-state index in [1.807, 2.05) is 0 Å². The molecule has 0 unspecified atom stereocenters. The van der Waals surface area contributed by atoms with Gasteiger partial charge in [-0.25, -0.2) is 4.98 Å². The van der Waals surface area contributed by atoms with Crippen LogP contribution in [-0.4, -0.2) is 16.7 Å². The molecule has 2 aromatic heterocycles. The van der Waals surface area contributed by atoms with Gasteiger partial charge in [-0.15, -0.1) is 0 Å². The molecule has 6 heteroatoms. The van der Waals surface area contributed by atoms with Crippen LogP contribution in [-0.2, 0) is 6.54 Å². The van der Waals surface area contributed by atoms with E-state index in [2.05, 4.69) is 4.98 Å². The normalized spacial score (nSPS) is 10.4. The lowest BCUT2D eigenvalue weighted by atomic mass is 10.3. The number of ether oxygens (including phenoxy) is 1. The number of hydrogen-bond acceptors (Lipinski definition) is 4. The maximum absolute atomic E-state index is 11.8. The number of nitrogens with zero attached hydrogens (tertiary/aromatic N) is 2. The molecule has 0 amide bonds. The van der Waals surface area contributed by atoms with Gasteiger partial charge < -0.3 is 9.15 Å². The van der Waals surface area contributed by atoms with Crippen LogP contribution in [0.4, 0.5) is 0 Å². The molecule has 0 aromatic carbocycles. The van der Waals surface area contributed by atoms with Crippen LogP contribution < -0.4 is 10.3 Å². The topological polar surface area (TPSA) is 57.3 Å². The third-order valence-corrected chi connectivity index (χ3v) is 2.36. The van der Waals surface area contributed by atoms with Crippen molar-refractivity contribution in [1.82, 2.24) is 9.55 Å². The summed E-state index contributed by atoms with van der Waals surface area (Å²) in [4.78, 5) is 15.7. The molecular formula is C10H9ClN2O3. The van der Waals surface area contributed by atoms with Crippen LogP contribution in [0, 0.1) is 0 Å². The fraction of sp³-hybridized carbons (Fsp3) is 0.200. The lowest BCUT2D eigenvalue weighted by molar-refractivity contribution is 0.400. The van der Waals surface area contributed by atoms with Gasteiger partial charge in [-0.05, 0) is 6.07 Å². The Kier molecular flexibility index (Phi) is 2.96. The largest absolute Gasteiger partial charge is 0.489 e. The molecular weight excluding hydrogens is 232 g/mol. The van der Waals surface area contributed by atoms with Crippen LogP contribution >= 0.6 is 11.6 Å². The van der Waals surface area contributed by atoms with Gasteiger partial charge in [-0.3, -0.25) is 9.36 Å². The lowest BCUT2D eigenvalue weighted by Crippen LogP contribution is -2.22. The Balaban J connectivity index is 2.39. The quantitative estimate of drug-likeness (QED) is 0.764. The third kappa shape index (κ3) is 1.94. The van der Waals surface area contributed by atoms with Gasteiger partial charge in [-0.1, -0.05) is 11.6 Å². The van der Waals surface area contributed by atoms with Crippen LogP contribution in [0.2, 0.25) is 5.15 Å². The highest BCUT2D eigenvalue weighted by atomic mass is 35.5. The molecule has 0 atom stereocenters. The summed E-state index contributed by atoms with van der Waals surface area (Å²) < 4.78 is 11.2. The van der Waals surface area contributed by atoms with Crippen molar-refractivity contribution < 1.29 is 9.15 Å². The van der Waals surface area contributed by atoms with Crippen molar-refractivity contribution in [2.75, 3.05) is 7.11 Å². The van der Waals surface area contributed by atoms with E-state index in [0.29, 0.717) is 6.54 Å². The summed E-state index contributed by atoms with van der Waals surface area (Å²) >= 11 is 5.72. The second kappa shape index (κ2) is 4.40. The highest BCUT2D eigenvalue weighted by Crippen LogP contribution is 2.15. The van der Waals surface area contributed by atoms with Crippen molar-refractivity contribution in [3.63, 3.8) is 0 Å². The standard InChI is InChI=1S/C10H9ClN2O3/c1-15-8-9(11)12-6-13(10(8)14)4-7-2-3-16-5-7/h2-3,5-6H,4H2,1H3. The number of halogens is 1. The number of aromatic nitrogens is 2. The lowest BCUT2D eigenvalue weighted by Gasteiger charge is -2.06. The molecule has 16 heavy (non-hydrogen) atoms. The van der Waals surface area contributed by atoms with Crippen LogP contribution in [0.15, 0.2) is 34.1 Å². The summed E-state index contributed by atoms with van der Waals surface area (Å²) in [6, 6.07) is 1.77. The van der Waals surface area contributed by atoms with Gasteiger partial charge in [0, 0.05) is 5.56 Å². The van der Waals surface area contributed by atoms with E-state index in [-0.39, 0.29) is 16.5 Å². The maximum atomic E-state index is 11.8. The fourth-order valence-corrected chi connectivity index (χ4v) is 1.52. The number of methoxy groups -OCH3 is 1. The van der Waals surface area contributed by atoms with Crippen LogP contribution in [0.5, 0.6) is 5.75 Å². The summed E-state index contributed by atoms with van der Waals surface area (Å²) in [5, 5.41) is 0.0657. The fourth-order valence-electron chi connectivity index (χ4n) is 1.31. The Hall–Kier alpha value is -1.75. The van der Waals surface area contributed by atoms with Gasteiger partial charge in [0.25, 0.3) is 5.56 Å². The number of furan rings is 1. The van der Waals surface area contributed by atoms with E-state index in [1.165, 1.54) is 18.0 Å². The smallest absolute Gasteiger partial charge is 0.297 e. The zero-order valence-corrected chi connectivity index (χ0v) is 9.27. The van der Waals surface area contributed by atoms with E-state index in [0.717, 1.165) is 5.56 Å². The van der Waals surface area contributed by atoms with Crippen molar-refractivity contribution in [2.45, 2.75) is 6.54 Å². The Bertz CT molecular complexity index is 533. The Morgan fingerprint density at radius 1 is 1.62 bits per heavy atom. The number of hydrogen-bond donors (Lipinski definition) is 0. The second-order valence-corrected chi connectivity index (χ2v) is 3.49. The van der Waals surface area contributed by atoms with Gasteiger partial charge >= 0.3 is 0 Å². The molecule has 0 aliphatic rings. The van der Waals surface area contributed by atoms with Crippen LogP contribution in [0.3, 0.4) is 0 Å². The summed E-state index contributed by atoms with van der Waals surface area (Å²) in [5.74, 6) is 0.0488. The Morgan fingerprint density at radius 2 is 2.44 bits per heavy atom. The first-order valence-electron chi connectivity index (χ1n) is 4.52. The van der Waals surface area contributed by atoms with E-state index in [1.54, 1.807) is 18.6 Å². The van der Waals surface area contributed by atoms with Crippen molar-refractivity contribution in [2.24, 2.45) is 0 Å². The van der Waals surface area contributed by atoms with Crippen molar-refractivity contribution in [3.05, 3.63) is 46.0 Å². The monoisotopic (exact) mass is 240 g/mol. The van der Waals surface area contributed by atoms with Gasteiger partial charge in [0.1, 0.15) is 0 Å². The minimum atomic E-state index is -0.316. The molecule has 2 heterocycles. The molecule has 5 nitrogen and oxygen atoms in total. The minimum absolute atomic E-state index is 0.0488. The molecule has 0 N–H and O–H groups in total. The highest BCUT2D eigenvalue weighted by Gasteiger charge is 2.10. The van der Waals surface area contributed by atoms with Gasteiger partial charge in [-0.2, -0.15) is 0 Å². The number of rotatable bonds is 3. The van der Waals surface area contributed by atoms with E-state index < -0.39 is 0 Å². The molecule has 0 saturated heterocycles. The molecule has 2 rings (SSSR count). The van der Waals surface area contributed by atoms with Crippen LogP contribution in [0.1, 0.15) is 5.56 Å². The molecule has 0 spiro atoms. The first kappa shape index (κ1) is 10.8. The Labute approximate surface area is 96.2 Å². The highest BCUT2D eigenvalue weighted by molar-refractivity contribution is 6.30. The van der Waals surface area contributed by atoms with Crippen LogP contribution in [0.25, 0.3) is 0 Å². The molecule has 0 bridgehead atoms. The summed E-state index contributed by atoms with van der Waals surface area (Å²) in [6.07, 6.45) is 4.48. The summed E-state index contributed by atoms with van der Waals surface area (Å²) in [7, 11) is 1.38. The molecule has 0 fully saturated rings. The SMILES string of the molecule is COc1c(Cl)ncn(Cc2ccoc2)c1=O.